The second-order valence-electron chi connectivity index (χ2n) is 2.85. The average molecular weight is 245 g/mol. The van der Waals surface area contributed by atoms with Gasteiger partial charge in [0.1, 0.15) is 6.10 Å². The summed E-state index contributed by atoms with van der Waals surface area (Å²) in [5, 5.41) is 9.24. The molecule has 2 nitrogen and oxygen atoms in total. The number of alkyl halides is 3. The van der Waals surface area contributed by atoms with E-state index in [4.69, 9.17) is 34.8 Å². The summed E-state index contributed by atoms with van der Waals surface area (Å²) in [5.74, 6) is 5.56. The van der Waals surface area contributed by atoms with E-state index in [0.29, 0.717) is 6.54 Å². The fourth-order valence-electron chi connectivity index (χ4n) is 0.499. The zero-order valence-electron chi connectivity index (χ0n) is 7.52. The van der Waals surface area contributed by atoms with Crippen LogP contribution in [0.4, 0.5) is 0 Å². The number of aliphatic hydroxyl groups excluding tert-OH is 1. The van der Waals surface area contributed by atoms with Gasteiger partial charge in [0.2, 0.25) is 3.79 Å². The summed E-state index contributed by atoms with van der Waals surface area (Å²) in [6.45, 7) is 0.632. The summed E-state index contributed by atoms with van der Waals surface area (Å²) in [6, 6.07) is 0. The maximum atomic E-state index is 9.24. The maximum Gasteiger partial charge on any atom is 0.216 e. The zero-order chi connectivity index (χ0) is 10.5. The van der Waals surface area contributed by atoms with Gasteiger partial charge in [-0.25, -0.2) is 0 Å². The number of hydrogen-bond acceptors (Lipinski definition) is 2. The maximum absolute atomic E-state index is 9.24. The second kappa shape index (κ2) is 5.95. The normalized spacial score (nSPS) is 13.8. The number of aliphatic hydroxyl groups is 1. The van der Waals surface area contributed by atoms with Crippen LogP contribution in [0.2, 0.25) is 0 Å². The van der Waals surface area contributed by atoms with E-state index in [1.807, 2.05) is 19.0 Å². The number of rotatable bonds is 2. The summed E-state index contributed by atoms with van der Waals surface area (Å²) in [5.41, 5.74) is 0. The summed E-state index contributed by atoms with van der Waals surface area (Å²) < 4.78 is -1.65. The van der Waals surface area contributed by atoms with E-state index in [2.05, 4.69) is 11.8 Å². The standard InChI is InChI=1S/C8H12Cl3NO/c1-12(2)6-4-3-5-7(13)8(9,10)11/h7,13H,5-6H2,1-2H3/t7-/m0/s1. The Morgan fingerprint density at radius 2 is 1.85 bits per heavy atom. The van der Waals surface area contributed by atoms with Crippen molar-refractivity contribution < 1.29 is 5.11 Å². The molecule has 0 amide bonds. The molecule has 0 unspecified atom stereocenters. The molecule has 0 rings (SSSR count). The van der Waals surface area contributed by atoms with Crippen molar-refractivity contribution in [2.75, 3.05) is 20.6 Å². The largest absolute Gasteiger partial charge is 0.388 e. The molecular formula is C8H12Cl3NO. The highest BCUT2D eigenvalue weighted by molar-refractivity contribution is 6.68. The van der Waals surface area contributed by atoms with Crippen molar-refractivity contribution in [2.24, 2.45) is 0 Å². The van der Waals surface area contributed by atoms with Gasteiger partial charge in [-0.1, -0.05) is 46.6 Å². The molecule has 0 fully saturated rings. The molecule has 76 valence electrons. The highest BCUT2D eigenvalue weighted by Gasteiger charge is 2.29. The third kappa shape index (κ3) is 7.42. The second-order valence-corrected chi connectivity index (χ2v) is 5.22. The lowest BCUT2D eigenvalue weighted by Gasteiger charge is -2.15. The Hall–Kier alpha value is 0.350. The molecule has 0 spiro atoms. The van der Waals surface area contributed by atoms with Crippen LogP contribution in [0, 0.1) is 11.8 Å². The van der Waals surface area contributed by atoms with Gasteiger partial charge in [-0.05, 0) is 14.1 Å². The third-order valence-electron chi connectivity index (χ3n) is 1.19. The van der Waals surface area contributed by atoms with Crippen LogP contribution in [0.25, 0.3) is 0 Å². The predicted octanol–water partition coefficient (Wildman–Crippen LogP) is 1.67. The summed E-state index contributed by atoms with van der Waals surface area (Å²) in [4.78, 5) is 1.91. The number of halogens is 3. The minimum Gasteiger partial charge on any atom is -0.388 e. The van der Waals surface area contributed by atoms with Gasteiger partial charge < -0.3 is 5.11 Å². The van der Waals surface area contributed by atoms with E-state index < -0.39 is 9.90 Å². The Balaban J connectivity index is 3.80. The van der Waals surface area contributed by atoms with Crippen LogP contribution in [-0.2, 0) is 0 Å². The van der Waals surface area contributed by atoms with Crippen LogP contribution < -0.4 is 0 Å². The Labute approximate surface area is 93.8 Å². The van der Waals surface area contributed by atoms with Gasteiger partial charge in [0, 0.05) is 6.42 Å². The molecule has 0 aliphatic rings. The fourth-order valence-corrected chi connectivity index (χ4v) is 0.730. The molecule has 1 N–H and O–H groups in total. The summed E-state index contributed by atoms with van der Waals surface area (Å²) in [6.07, 6.45) is -0.864. The Bertz CT molecular complexity index is 202. The van der Waals surface area contributed by atoms with Gasteiger partial charge in [0.25, 0.3) is 0 Å². The van der Waals surface area contributed by atoms with E-state index in [0.717, 1.165) is 0 Å². The number of hydrogen-bond donors (Lipinski definition) is 1. The van der Waals surface area contributed by atoms with Gasteiger partial charge in [-0.2, -0.15) is 0 Å². The van der Waals surface area contributed by atoms with Gasteiger partial charge in [0.15, 0.2) is 0 Å². The molecule has 0 saturated heterocycles. The van der Waals surface area contributed by atoms with Crippen molar-refractivity contribution in [3.8, 4) is 11.8 Å². The molecule has 0 radical (unpaired) electrons. The Kier molecular flexibility index (Phi) is 6.11. The molecule has 0 heterocycles. The van der Waals surface area contributed by atoms with E-state index >= 15 is 0 Å². The van der Waals surface area contributed by atoms with E-state index in [1.54, 1.807) is 0 Å². The van der Waals surface area contributed by atoms with Crippen molar-refractivity contribution >= 4 is 34.8 Å². The van der Waals surface area contributed by atoms with Crippen molar-refractivity contribution in [3.63, 3.8) is 0 Å². The molecule has 0 bridgehead atoms. The van der Waals surface area contributed by atoms with Crippen LogP contribution in [0.1, 0.15) is 6.42 Å². The summed E-state index contributed by atoms with van der Waals surface area (Å²) in [7, 11) is 3.81. The van der Waals surface area contributed by atoms with Gasteiger partial charge >= 0.3 is 0 Å². The quantitative estimate of drug-likeness (QED) is 0.590. The first-order valence-electron chi connectivity index (χ1n) is 3.69. The molecule has 0 aromatic carbocycles. The molecule has 0 aliphatic carbocycles. The molecule has 0 aromatic rings. The predicted molar refractivity (Wildman–Crippen MR) is 57.2 cm³/mol. The lowest BCUT2D eigenvalue weighted by molar-refractivity contribution is 0.184. The lowest BCUT2D eigenvalue weighted by atomic mass is 10.3. The Morgan fingerprint density at radius 3 is 2.23 bits per heavy atom. The topological polar surface area (TPSA) is 23.5 Å². The molecule has 0 aromatic heterocycles. The van der Waals surface area contributed by atoms with Crippen LogP contribution in [0.15, 0.2) is 0 Å². The van der Waals surface area contributed by atoms with Crippen molar-refractivity contribution in [1.82, 2.24) is 4.90 Å². The average Bonchev–Trinajstić information content (AvgIpc) is 1.95. The molecule has 0 aliphatic heterocycles. The first-order valence-corrected chi connectivity index (χ1v) is 4.82. The number of nitrogens with zero attached hydrogens (tertiary/aromatic N) is 1. The minimum atomic E-state index is -1.65. The highest BCUT2D eigenvalue weighted by atomic mass is 35.6. The van der Waals surface area contributed by atoms with E-state index in [9.17, 15) is 5.11 Å². The molecular weight excluding hydrogens is 232 g/mol. The SMILES string of the molecule is CN(C)CC#CC[C@H](O)C(Cl)(Cl)Cl. The lowest BCUT2D eigenvalue weighted by Crippen LogP contribution is -2.24. The van der Waals surface area contributed by atoms with Crippen LogP contribution >= 0.6 is 34.8 Å². The van der Waals surface area contributed by atoms with Crippen LogP contribution in [0.3, 0.4) is 0 Å². The van der Waals surface area contributed by atoms with Crippen LogP contribution in [-0.4, -0.2) is 40.5 Å². The van der Waals surface area contributed by atoms with Crippen molar-refractivity contribution in [1.29, 1.82) is 0 Å². The smallest absolute Gasteiger partial charge is 0.216 e. The fraction of sp³-hybridized carbons (Fsp3) is 0.750. The minimum absolute atomic E-state index is 0.171. The Morgan fingerprint density at radius 1 is 1.31 bits per heavy atom. The first-order chi connectivity index (χ1) is 5.84. The molecule has 0 saturated carbocycles. The van der Waals surface area contributed by atoms with Crippen molar-refractivity contribution in [3.05, 3.63) is 0 Å². The van der Waals surface area contributed by atoms with Gasteiger partial charge in [0.05, 0.1) is 6.54 Å². The zero-order valence-corrected chi connectivity index (χ0v) is 9.79. The van der Waals surface area contributed by atoms with Gasteiger partial charge in [-0.3, -0.25) is 4.90 Å². The molecule has 13 heavy (non-hydrogen) atoms. The van der Waals surface area contributed by atoms with Crippen molar-refractivity contribution in [2.45, 2.75) is 16.3 Å². The third-order valence-corrected chi connectivity index (χ3v) is 1.95. The highest BCUT2D eigenvalue weighted by Crippen LogP contribution is 2.31. The van der Waals surface area contributed by atoms with Crippen LogP contribution in [0.5, 0.6) is 0 Å². The first kappa shape index (κ1) is 13.4. The summed E-state index contributed by atoms with van der Waals surface area (Å²) >= 11 is 16.3. The van der Waals surface area contributed by atoms with E-state index in [1.165, 1.54) is 0 Å². The molecule has 1 atom stereocenters. The monoisotopic (exact) mass is 243 g/mol. The van der Waals surface area contributed by atoms with Gasteiger partial charge in [-0.15, -0.1) is 0 Å². The van der Waals surface area contributed by atoms with E-state index in [-0.39, 0.29) is 6.42 Å². The molecule has 5 heteroatoms.